The summed E-state index contributed by atoms with van der Waals surface area (Å²) in [6, 6.07) is 4.93. The van der Waals surface area contributed by atoms with Crippen LogP contribution in [0.4, 0.5) is 17.6 Å². The molecule has 1 N–H and O–H groups in total. The van der Waals surface area contributed by atoms with Crippen LogP contribution in [0.3, 0.4) is 0 Å². The molecule has 0 radical (unpaired) electrons. The Morgan fingerprint density at radius 1 is 1.10 bits per heavy atom. The number of carbonyl (C=O) groups is 3. The van der Waals surface area contributed by atoms with Crippen LogP contribution in [0.15, 0.2) is 30.4 Å². The lowest BCUT2D eigenvalue weighted by molar-refractivity contribution is -0.133. The van der Waals surface area contributed by atoms with Gasteiger partial charge in [0.15, 0.2) is 5.78 Å². The Morgan fingerprint density at radius 2 is 1.77 bits per heavy atom. The van der Waals surface area contributed by atoms with E-state index in [1.54, 1.807) is 30.0 Å². The largest absolute Gasteiger partial charge is 0.412 e. The van der Waals surface area contributed by atoms with E-state index in [-0.39, 0.29) is 41.8 Å². The maximum absolute atomic E-state index is 14.3. The molecule has 5 nitrogen and oxygen atoms in total. The Balaban J connectivity index is 0.000000306. The first kappa shape index (κ1) is 32.5. The number of rotatable bonds is 9. The van der Waals surface area contributed by atoms with Crippen molar-refractivity contribution in [2.45, 2.75) is 96.7 Å². The molecule has 2 fully saturated rings. The van der Waals surface area contributed by atoms with Crippen molar-refractivity contribution in [3.05, 3.63) is 47.3 Å². The van der Waals surface area contributed by atoms with Gasteiger partial charge in [0.25, 0.3) is 0 Å². The highest BCUT2D eigenvalue weighted by Crippen LogP contribution is 2.32. The van der Waals surface area contributed by atoms with Crippen molar-refractivity contribution in [2.75, 3.05) is 13.1 Å². The molecule has 3 rings (SSSR count). The second-order valence-electron chi connectivity index (χ2n) is 11.0. The van der Waals surface area contributed by atoms with Crippen LogP contribution in [0.1, 0.15) is 88.7 Å². The number of alkyl halides is 3. The predicted octanol–water partition coefficient (Wildman–Crippen LogP) is 6.65. The molecule has 9 heteroatoms. The van der Waals surface area contributed by atoms with Gasteiger partial charge in [0.05, 0.1) is 6.04 Å². The summed E-state index contributed by atoms with van der Waals surface area (Å²) in [5, 5.41) is 2.70. The summed E-state index contributed by atoms with van der Waals surface area (Å²) in [5.74, 6) is -0.175. The second kappa shape index (κ2) is 15.2. The normalized spacial score (nSPS) is 19.1. The SMILES string of the molecule is C=C(CCC(=O)N1CCCC(c2cccc(C)c2F)C1)C(F)(F)F.CC(C)C(=O)C(NC=O)C1CCCCC1. The molecule has 1 heterocycles. The Hall–Kier alpha value is -2.71. The molecule has 2 amide bonds. The van der Waals surface area contributed by atoms with Gasteiger partial charge in [0.1, 0.15) is 5.82 Å². The molecule has 1 saturated heterocycles. The number of allylic oxidation sites excluding steroid dienone is 1. The maximum atomic E-state index is 14.3. The van der Waals surface area contributed by atoms with E-state index < -0.39 is 18.2 Å². The zero-order valence-electron chi connectivity index (χ0n) is 23.3. The Labute approximate surface area is 229 Å². The van der Waals surface area contributed by atoms with Gasteiger partial charge in [0.2, 0.25) is 12.3 Å². The molecule has 0 bridgehead atoms. The lowest BCUT2D eigenvalue weighted by Crippen LogP contribution is -2.44. The highest BCUT2D eigenvalue weighted by molar-refractivity contribution is 5.87. The molecule has 2 unspecified atom stereocenters. The highest BCUT2D eigenvalue weighted by Gasteiger charge is 2.33. The number of hydrogen-bond acceptors (Lipinski definition) is 3. The van der Waals surface area contributed by atoms with Gasteiger partial charge in [-0.25, -0.2) is 4.39 Å². The molecule has 0 aromatic heterocycles. The van der Waals surface area contributed by atoms with Crippen LogP contribution in [0.25, 0.3) is 0 Å². The van der Waals surface area contributed by atoms with Gasteiger partial charge in [-0.2, -0.15) is 13.2 Å². The average molecular weight is 555 g/mol. The van der Waals surface area contributed by atoms with Crippen molar-refractivity contribution in [3.63, 3.8) is 0 Å². The van der Waals surface area contributed by atoms with Crippen LogP contribution in [0.2, 0.25) is 0 Å². The number of hydrogen-bond donors (Lipinski definition) is 1. The minimum absolute atomic E-state index is 0.00405. The van der Waals surface area contributed by atoms with Crippen molar-refractivity contribution >= 4 is 18.1 Å². The number of carbonyl (C=O) groups excluding carboxylic acids is 3. The highest BCUT2D eigenvalue weighted by atomic mass is 19.4. The summed E-state index contributed by atoms with van der Waals surface area (Å²) in [4.78, 5) is 36.2. The van der Waals surface area contributed by atoms with E-state index in [2.05, 4.69) is 11.9 Å². The third-order valence-corrected chi connectivity index (χ3v) is 7.72. The summed E-state index contributed by atoms with van der Waals surface area (Å²) >= 11 is 0. The molecule has 218 valence electrons. The van der Waals surface area contributed by atoms with E-state index in [0.29, 0.717) is 43.0 Å². The molecule has 39 heavy (non-hydrogen) atoms. The number of ketones is 1. The number of aryl methyl sites for hydroxylation is 1. The zero-order chi connectivity index (χ0) is 29.2. The predicted molar refractivity (Wildman–Crippen MR) is 144 cm³/mol. The fourth-order valence-corrected chi connectivity index (χ4v) is 5.35. The van der Waals surface area contributed by atoms with Crippen LogP contribution >= 0.6 is 0 Å². The molecule has 1 aromatic carbocycles. The number of halogens is 4. The van der Waals surface area contributed by atoms with Crippen molar-refractivity contribution in [1.82, 2.24) is 10.2 Å². The maximum Gasteiger partial charge on any atom is 0.412 e. The van der Waals surface area contributed by atoms with Gasteiger partial charge >= 0.3 is 6.18 Å². The number of piperidine rings is 1. The lowest BCUT2D eigenvalue weighted by Gasteiger charge is -2.33. The monoisotopic (exact) mass is 554 g/mol. The molecule has 2 atom stereocenters. The number of benzene rings is 1. The third-order valence-electron chi connectivity index (χ3n) is 7.72. The van der Waals surface area contributed by atoms with Crippen LogP contribution in [-0.4, -0.2) is 48.3 Å². The number of nitrogens with one attached hydrogen (secondary N) is 1. The Kier molecular flexibility index (Phi) is 12.6. The summed E-state index contributed by atoms with van der Waals surface area (Å²) < 4.78 is 51.6. The molecule has 0 spiro atoms. The minimum Gasteiger partial charge on any atom is -0.349 e. The molecule has 2 aliphatic rings. The zero-order valence-corrected chi connectivity index (χ0v) is 23.3. The Morgan fingerprint density at radius 3 is 2.36 bits per heavy atom. The summed E-state index contributed by atoms with van der Waals surface area (Å²) in [6.45, 7) is 9.30. The fraction of sp³-hybridized carbons (Fsp3) is 0.633. The van der Waals surface area contributed by atoms with Gasteiger partial charge in [-0.15, -0.1) is 0 Å². The van der Waals surface area contributed by atoms with Crippen LogP contribution < -0.4 is 5.32 Å². The first-order valence-corrected chi connectivity index (χ1v) is 13.9. The van der Waals surface area contributed by atoms with E-state index in [1.807, 2.05) is 13.8 Å². The van der Waals surface area contributed by atoms with Crippen LogP contribution in [0.5, 0.6) is 0 Å². The molecular weight excluding hydrogens is 512 g/mol. The smallest absolute Gasteiger partial charge is 0.349 e. The quantitative estimate of drug-likeness (QED) is 0.211. The topological polar surface area (TPSA) is 66.5 Å². The number of nitrogens with zero attached hydrogens (tertiary/aromatic N) is 1. The average Bonchev–Trinajstić information content (AvgIpc) is 2.91. The fourth-order valence-electron chi connectivity index (χ4n) is 5.35. The van der Waals surface area contributed by atoms with Gasteiger partial charge in [-0.05, 0) is 56.1 Å². The summed E-state index contributed by atoms with van der Waals surface area (Å²) in [6.07, 6.45) is 2.84. The van der Waals surface area contributed by atoms with Gasteiger partial charge < -0.3 is 10.2 Å². The molecule has 1 aliphatic carbocycles. The van der Waals surface area contributed by atoms with E-state index >= 15 is 0 Å². The van der Waals surface area contributed by atoms with Crippen molar-refractivity contribution in [3.8, 4) is 0 Å². The van der Waals surface area contributed by atoms with E-state index in [9.17, 15) is 31.9 Å². The van der Waals surface area contributed by atoms with Crippen molar-refractivity contribution in [1.29, 1.82) is 0 Å². The number of Topliss-reactive ketones (excluding diaryl/α,β-unsaturated/α-hetero) is 1. The number of amides is 2. The van der Waals surface area contributed by atoms with Crippen LogP contribution in [0, 0.1) is 24.6 Å². The van der Waals surface area contributed by atoms with Crippen molar-refractivity contribution in [2.24, 2.45) is 11.8 Å². The van der Waals surface area contributed by atoms with Crippen molar-refractivity contribution < 1.29 is 31.9 Å². The molecule has 1 aliphatic heterocycles. The van der Waals surface area contributed by atoms with E-state index in [1.165, 1.54) is 19.3 Å². The molecular formula is C30H42F4N2O3. The first-order valence-electron chi connectivity index (χ1n) is 13.9. The van der Waals surface area contributed by atoms with Gasteiger partial charge in [-0.3, -0.25) is 14.4 Å². The summed E-state index contributed by atoms with van der Waals surface area (Å²) in [7, 11) is 0. The van der Waals surface area contributed by atoms with Crippen LogP contribution in [-0.2, 0) is 14.4 Å². The third kappa shape index (κ3) is 9.76. The Bertz CT molecular complexity index is 987. The molecule has 1 aromatic rings. The number of likely N-dealkylation sites (tertiary alicyclic amines) is 1. The van der Waals surface area contributed by atoms with E-state index in [0.717, 1.165) is 19.3 Å². The van der Waals surface area contributed by atoms with E-state index in [4.69, 9.17) is 0 Å². The minimum atomic E-state index is -4.46. The summed E-state index contributed by atoms with van der Waals surface area (Å²) in [5.41, 5.74) is 0.235. The molecule has 1 saturated carbocycles. The second-order valence-corrected chi connectivity index (χ2v) is 11.0. The lowest BCUT2D eigenvalue weighted by atomic mass is 9.80. The van der Waals surface area contributed by atoms with Gasteiger partial charge in [0, 0.05) is 36.9 Å². The standard InChI is InChI=1S/C18H21F4NO.C12H21NO2/c1-12-5-3-7-15(17(12)19)14-6-4-10-23(11-14)16(24)9-8-13(2)18(20,21)22;1-9(2)12(15)11(13-8-14)10-6-4-3-5-7-10/h3,5,7,14H,2,4,6,8-11H2,1H3;8-11H,3-7H2,1-2H3,(H,13,14). The first-order chi connectivity index (χ1) is 18.4. The van der Waals surface area contributed by atoms with Gasteiger partial charge in [-0.1, -0.05) is 57.9 Å².